The Kier molecular flexibility index (Phi) is 5.21. The summed E-state index contributed by atoms with van der Waals surface area (Å²) in [5.41, 5.74) is 1.95. The predicted octanol–water partition coefficient (Wildman–Crippen LogP) is 2.91. The molecule has 1 N–H and O–H groups in total. The van der Waals surface area contributed by atoms with E-state index >= 15 is 0 Å². The molecule has 0 aliphatic carbocycles. The Bertz CT molecular complexity index is 521. The minimum absolute atomic E-state index is 0.155. The molecule has 1 aromatic rings. The lowest BCUT2D eigenvalue weighted by molar-refractivity contribution is 0.0671. The van der Waals surface area contributed by atoms with Crippen LogP contribution in [0.1, 0.15) is 49.4 Å². The molecule has 4 heteroatoms. The first-order valence-corrected chi connectivity index (χ1v) is 8.99. The number of likely N-dealkylation sites (tertiary alicyclic amines) is 1. The Balaban J connectivity index is 1.63. The lowest BCUT2D eigenvalue weighted by atomic mass is 9.95. The van der Waals surface area contributed by atoms with Crippen LogP contribution in [0.3, 0.4) is 0 Å². The lowest BCUT2D eigenvalue weighted by Gasteiger charge is -2.33. The van der Waals surface area contributed by atoms with Gasteiger partial charge in [-0.15, -0.1) is 0 Å². The lowest BCUT2D eigenvalue weighted by Crippen LogP contribution is -2.39. The van der Waals surface area contributed by atoms with E-state index in [1.165, 1.54) is 6.42 Å². The summed E-state index contributed by atoms with van der Waals surface area (Å²) in [7, 11) is 0. The first kappa shape index (κ1) is 16.3. The monoisotopic (exact) mass is 316 g/mol. The van der Waals surface area contributed by atoms with Gasteiger partial charge in [-0.3, -0.25) is 4.79 Å². The Hall–Kier alpha value is -1.55. The highest BCUT2D eigenvalue weighted by Gasteiger charge is 2.24. The molecule has 0 radical (unpaired) electrons. The van der Waals surface area contributed by atoms with Crippen LogP contribution < -0.4 is 4.90 Å². The summed E-state index contributed by atoms with van der Waals surface area (Å²) in [5.74, 6) is 0.829. The number of hydrogen-bond donors (Lipinski definition) is 1. The van der Waals surface area contributed by atoms with Gasteiger partial charge in [-0.2, -0.15) is 0 Å². The van der Waals surface area contributed by atoms with Crippen LogP contribution in [0.4, 0.5) is 5.69 Å². The Morgan fingerprint density at radius 1 is 1.13 bits per heavy atom. The van der Waals surface area contributed by atoms with Gasteiger partial charge in [0.05, 0.1) is 6.10 Å². The van der Waals surface area contributed by atoms with Crippen molar-refractivity contribution in [2.24, 2.45) is 5.92 Å². The molecule has 1 unspecified atom stereocenters. The number of rotatable bonds is 3. The summed E-state index contributed by atoms with van der Waals surface area (Å²) in [6, 6.07) is 8.01. The van der Waals surface area contributed by atoms with Crippen molar-refractivity contribution >= 4 is 11.6 Å². The third-order valence-corrected chi connectivity index (χ3v) is 5.33. The fourth-order valence-electron chi connectivity index (χ4n) is 3.70. The van der Waals surface area contributed by atoms with Gasteiger partial charge in [0.2, 0.25) is 0 Å². The molecule has 2 saturated heterocycles. The van der Waals surface area contributed by atoms with Crippen LogP contribution in [-0.2, 0) is 0 Å². The molecule has 2 heterocycles. The standard InChI is InChI=1S/C19H28N2O2/c1-2-15-4-3-11-21(14-15)19(23)16-5-7-17(8-6-16)20-12-9-18(22)10-13-20/h5-8,15,18,22H,2-4,9-14H2,1H3. The second-order valence-corrected chi connectivity index (χ2v) is 6.93. The number of hydrogen-bond acceptors (Lipinski definition) is 3. The number of aliphatic hydroxyl groups is 1. The van der Waals surface area contributed by atoms with E-state index in [4.69, 9.17) is 0 Å². The zero-order valence-electron chi connectivity index (χ0n) is 14.1. The number of nitrogens with zero attached hydrogens (tertiary/aromatic N) is 2. The van der Waals surface area contributed by atoms with Gasteiger partial charge in [0.15, 0.2) is 0 Å². The van der Waals surface area contributed by atoms with Gasteiger partial charge in [-0.05, 0) is 55.9 Å². The molecule has 0 saturated carbocycles. The highest BCUT2D eigenvalue weighted by molar-refractivity contribution is 5.94. The maximum Gasteiger partial charge on any atom is 0.253 e. The molecule has 4 nitrogen and oxygen atoms in total. The van der Waals surface area contributed by atoms with Crippen molar-refractivity contribution in [1.82, 2.24) is 4.90 Å². The first-order chi connectivity index (χ1) is 11.2. The summed E-state index contributed by atoms with van der Waals surface area (Å²) in [4.78, 5) is 17.0. The minimum Gasteiger partial charge on any atom is -0.393 e. The van der Waals surface area contributed by atoms with Crippen LogP contribution in [0.5, 0.6) is 0 Å². The molecule has 3 rings (SSSR count). The van der Waals surface area contributed by atoms with Crippen LogP contribution in [0.25, 0.3) is 0 Å². The molecule has 0 spiro atoms. The van der Waals surface area contributed by atoms with Crippen LogP contribution in [0.2, 0.25) is 0 Å². The topological polar surface area (TPSA) is 43.8 Å². The minimum atomic E-state index is -0.155. The van der Waals surface area contributed by atoms with Crippen molar-refractivity contribution in [1.29, 1.82) is 0 Å². The Morgan fingerprint density at radius 2 is 1.83 bits per heavy atom. The summed E-state index contributed by atoms with van der Waals surface area (Å²) in [6.45, 7) is 5.78. The molecular weight excluding hydrogens is 288 g/mol. The van der Waals surface area contributed by atoms with Gasteiger partial charge >= 0.3 is 0 Å². The van der Waals surface area contributed by atoms with Gasteiger partial charge in [0.1, 0.15) is 0 Å². The summed E-state index contributed by atoms with van der Waals surface area (Å²) < 4.78 is 0. The summed E-state index contributed by atoms with van der Waals surface area (Å²) >= 11 is 0. The van der Waals surface area contributed by atoms with Gasteiger partial charge in [0, 0.05) is 37.4 Å². The zero-order valence-corrected chi connectivity index (χ0v) is 14.1. The van der Waals surface area contributed by atoms with Crippen LogP contribution in [0, 0.1) is 5.92 Å². The highest BCUT2D eigenvalue weighted by atomic mass is 16.3. The second-order valence-electron chi connectivity index (χ2n) is 6.93. The molecule has 1 atom stereocenters. The number of aliphatic hydroxyl groups excluding tert-OH is 1. The van der Waals surface area contributed by atoms with Crippen molar-refractivity contribution in [2.75, 3.05) is 31.1 Å². The van der Waals surface area contributed by atoms with Gasteiger partial charge in [-0.25, -0.2) is 0 Å². The van der Waals surface area contributed by atoms with E-state index in [9.17, 15) is 9.90 Å². The molecule has 2 aliphatic heterocycles. The largest absolute Gasteiger partial charge is 0.393 e. The van der Waals surface area contributed by atoms with Crippen LogP contribution in [-0.4, -0.2) is 48.2 Å². The van der Waals surface area contributed by atoms with Gasteiger partial charge < -0.3 is 14.9 Å². The van der Waals surface area contributed by atoms with E-state index in [0.717, 1.165) is 63.1 Å². The SMILES string of the molecule is CCC1CCCN(C(=O)c2ccc(N3CCC(O)CC3)cc2)C1. The smallest absolute Gasteiger partial charge is 0.253 e. The molecule has 126 valence electrons. The molecule has 0 bridgehead atoms. The normalized spacial score (nSPS) is 23.1. The molecule has 23 heavy (non-hydrogen) atoms. The molecule has 0 aromatic heterocycles. The fraction of sp³-hybridized carbons (Fsp3) is 0.632. The van der Waals surface area contributed by atoms with Crippen molar-refractivity contribution < 1.29 is 9.90 Å². The average molecular weight is 316 g/mol. The molecule has 1 amide bonds. The van der Waals surface area contributed by atoms with Crippen molar-refractivity contribution in [3.05, 3.63) is 29.8 Å². The highest BCUT2D eigenvalue weighted by Crippen LogP contribution is 2.23. The van der Waals surface area contributed by atoms with Crippen molar-refractivity contribution in [2.45, 2.75) is 45.1 Å². The van der Waals surface area contributed by atoms with E-state index in [0.29, 0.717) is 5.92 Å². The quantitative estimate of drug-likeness (QED) is 0.932. The van der Waals surface area contributed by atoms with Crippen LogP contribution >= 0.6 is 0 Å². The zero-order chi connectivity index (χ0) is 16.2. The first-order valence-electron chi connectivity index (χ1n) is 8.99. The molecule has 1 aromatic carbocycles. The third-order valence-electron chi connectivity index (χ3n) is 5.33. The molecule has 2 fully saturated rings. The number of anilines is 1. The Morgan fingerprint density at radius 3 is 2.48 bits per heavy atom. The average Bonchev–Trinajstić information content (AvgIpc) is 2.62. The van der Waals surface area contributed by atoms with Gasteiger partial charge in [-0.1, -0.05) is 13.3 Å². The van der Waals surface area contributed by atoms with Crippen molar-refractivity contribution in [3.63, 3.8) is 0 Å². The van der Waals surface area contributed by atoms with E-state index in [-0.39, 0.29) is 12.0 Å². The van der Waals surface area contributed by atoms with Gasteiger partial charge in [0.25, 0.3) is 5.91 Å². The number of amides is 1. The van der Waals surface area contributed by atoms with E-state index in [1.54, 1.807) is 0 Å². The fourth-order valence-corrected chi connectivity index (χ4v) is 3.70. The van der Waals surface area contributed by atoms with Crippen LogP contribution in [0.15, 0.2) is 24.3 Å². The molecule has 2 aliphatic rings. The second kappa shape index (κ2) is 7.35. The number of carbonyl (C=O) groups excluding carboxylic acids is 1. The van der Waals surface area contributed by atoms with Crippen molar-refractivity contribution in [3.8, 4) is 0 Å². The maximum absolute atomic E-state index is 12.7. The predicted molar refractivity (Wildman–Crippen MR) is 92.8 cm³/mol. The van der Waals surface area contributed by atoms with E-state index in [2.05, 4.69) is 11.8 Å². The number of piperidine rings is 2. The number of carbonyl (C=O) groups is 1. The van der Waals surface area contributed by atoms with E-state index < -0.39 is 0 Å². The number of benzene rings is 1. The summed E-state index contributed by atoms with van der Waals surface area (Å²) in [6.07, 6.45) is 5.03. The maximum atomic E-state index is 12.7. The third kappa shape index (κ3) is 3.86. The molecular formula is C19H28N2O2. The van der Waals surface area contributed by atoms with E-state index in [1.807, 2.05) is 29.2 Å². The summed E-state index contributed by atoms with van der Waals surface area (Å²) in [5, 5.41) is 9.60. The Labute approximate surface area is 139 Å².